The highest BCUT2D eigenvalue weighted by Crippen LogP contribution is 2.15. The molecule has 2 N–H and O–H groups in total. The molecule has 2 heterocycles. The molecule has 0 spiro atoms. The molecule has 134 valence electrons. The molecule has 1 unspecified atom stereocenters. The fourth-order valence-electron chi connectivity index (χ4n) is 3.07. The van der Waals surface area contributed by atoms with Crippen LogP contribution in [-0.2, 0) is 13.0 Å². The predicted molar refractivity (Wildman–Crippen MR) is 97.8 cm³/mol. The van der Waals surface area contributed by atoms with E-state index >= 15 is 0 Å². The molecule has 1 fully saturated rings. The zero-order valence-electron chi connectivity index (χ0n) is 14.2. The second-order valence-electron chi connectivity index (χ2n) is 6.40. The van der Waals surface area contributed by atoms with Crippen molar-refractivity contribution in [2.45, 2.75) is 44.7 Å². The van der Waals surface area contributed by atoms with E-state index in [1.807, 2.05) is 24.3 Å². The summed E-state index contributed by atoms with van der Waals surface area (Å²) in [6.07, 6.45) is 7.17. The number of carbonyl (C=O) groups excluding carboxylic acids is 1. The Hall–Kier alpha value is -1.92. The van der Waals surface area contributed by atoms with Crippen LogP contribution in [-0.4, -0.2) is 40.0 Å². The average molecular weight is 362 g/mol. The lowest BCUT2D eigenvalue weighted by molar-refractivity contribution is 0.0949. The van der Waals surface area contributed by atoms with Crippen LogP contribution in [0.2, 0.25) is 5.02 Å². The molecule has 1 aliphatic rings. The van der Waals surface area contributed by atoms with E-state index in [0.29, 0.717) is 24.7 Å². The number of amides is 1. The molecular weight excluding hydrogens is 338 g/mol. The predicted octanol–water partition coefficient (Wildman–Crippen LogP) is 2.44. The third kappa shape index (κ3) is 5.28. The van der Waals surface area contributed by atoms with Gasteiger partial charge in [0, 0.05) is 24.2 Å². The smallest absolute Gasteiger partial charge is 0.273 e. The summed E-state index contributed by atoms with van der Waals surface area (Å²) in [5.74, 6) is -0.200. The monoisotopic (exact) mass is 361 g/mol. The zero-order chi connectivity index (χ0) is 17.5. The SMILES string of the molecule is O=C(NCCc1ccccc1Cl)c1cn(CCC2CCCCN2)nn1. The minimum atomic E-state index is -0.200. The lowest BCUT2D eigenvalue weighted by atomic mass is 10.0. The van der Waals surface area contributed by atoms with Gasteiger partial charge in [-0.2, -0.15) is 0 Å². The highest BCUT2D eigenvalue weighted by molar-refractivity contribution is 6.31. The number of aromatic nitrogens is 3. The number of nitrogens with one attached hydrogen (secondary N) is 2. The van der Waals surface area contributed by atoms with Gasteiger partial charge in [-0.25, -0.2) is 0 Å². The van der Waals surface area contributed by atoms with Crippen LogP contribution in [0.25, 0.3) is 0 Å². The molecular formula is C18H24ClN5O. The number of benzene rings is 1. The zero-order valence-corrected chi connectivity index (χ0v) is 15.0. The van der Waals surface area contributed by atoms with Crippen LogP contribution < -0.4 is 10.6 Å². The first-order valence-electron chi connectivity index (χ1n) is 8.87. The first-order chi connectivity index (χ1) is 12.2. The van der Waals surface area contributed by atoms with E-state index in [1.165, 1.54) is 19.3 Å². The maximum atomic E-state index is 12.2. The maximum Gasteiger partial charge on any atom is 0.273 e. The van der Waals surface area contributed by atoms with Crippen molar-refractivity contribution in [2.24, 2.45) is 0 Å². The third-order valence-corrected chi connectivity index (χ3v) is 4.90. The van der Waals surface area contributed by atoms with Crippen molar-refractivity contribution < 1.29 is 4.79 Å². The van der Waals surface area contributed by atoms with Crippen molar-refractivity contribution in [3.05, 3.63) is 46.7 Å². The molecule has 1 atom stereocenters. The highest BCUT2D eigenvalue weighted by atomic mass is 35.5. The second kappa shape index (κ2) is 8.97. The van der Waals surface area contributed by atoms with Crippen LogP contribution in [0.5, 0.6) is 0 Å². The van der Waals surface area contributed by atoms with Crippen LogP contribution in [0.1, 0.15) is 41.7 Å². The van der Waals surface area contributed by atoms with Gasteiger partial charge >= 0.3 is 0 Å². The molecule has 7 heteroatoms. The Bertz CT molecular complexity index is 696. The van der Waals surface area contributed by atoms with E-state index in [9.17, 15) is 4.79 Å². The fourth-order valence-corrected chi connectivity index (χ4v) is 3.30. The Balaban J connectivity index is 1.43. The number of nitrogens with zero attached hydrogens (tertiary/aromatic N) is 3. The van der Waals surface area contributed by atoms with Crippen LogP contribution in [0.3, 0.4) is 0 Å². The summed E-state index contributed by atoms with van der Waals surface area (Å²) in [6, 6.07) is 8.20. The van der Waals surface area contributed by atoms with Crippen molar-refractivity contribution in [3.8, 4) is 0 Å². The summed E-state index contributed by atoms with van der Waals surface area (Å²) in [4.78, 5) is 12.2. The average Bonchev–Trinajstić information content (AvgIpc) is 3.11. The number of carbonyl (C=O) groups is 1. The maximum absolute atomic E-state index is 12.2. The Morgan fingerprint density at radius 1 is 1.36 bits per heavy atom. The lowest BCUT2D eigenvalue weighted by Crippen LogP contribution is -2.34. The van der Waals surface area contributed by atoms with Gasteiger partial charge in [-0.3, -0.25) is 9.48 Å². The molecule has 1 saturated heterocycles. The summed E-state index contributed by atoms with van der Waals surface area (Å²) < 4.78 is 1.75. The quantitative estimate of drug-likeness (QED) is 0.794. The molecule has 0 bridgehead atoms. The van der Waals surface area contributed by atoms with E-state index in [-0.39, 0.29) is 5.91 Å². The number of rotatable bonds is 7. The third-order valence-electron chi connectivity index (χ3n) is 4.53. The minimum Gasteiger partial charge on any atom is -0.350 e. The Morgan fingerprint density at radius 3 is 3.04 bits per heavy atom. The van der Waals surface area contributed by atoms with Gasteiger partial charge in [-0.15, -0.1) is 5.10 Å². The van der Waals surface area contributed by atoms with Gasteiger partial charge in [0.25, 0.3) is 5.91 Å². The van der Waals surface area contributed by atoms with Crippen LogP contribution in [0.4, 0.5) is 0 Å². The lowest BCUT2D eigenvalue weighted by Gasteiger charge is -2.23. The second-order valence-corrected chi connectivity index (χ2v) is 6.81. The molecule has 1 amide bonds. The summed E-state index contributed by atoms with van der Waals surface area (Å²) in [5, 5.41) is 15.1. The molecule has 0 radical (unpaired) electrons. The number of aryl methyl sites for hydroxylation is 1. The van der Waals surface area contributed by atoms with Crippen molar-refractivity contribution in [2.75, 3.05) is 13.1 Å². The number of hydrogen-bond donors (Lipinski definition) is 2. The van der Waals surface area contributed by atoms with Gasteiger partial charge in [0.1, 0.15) is 0 Å². The van der Waals surface area contributed by atoms with Gasteiger partial charge in [0.15, 0.2) is 5.69 Å². The standard InChI is InChI=1S/C18H24ClN5O/c19-16-7-2-1-5-14(16)8-11-21-18(25)17-13-24(23-22-17)12-9-15-6-3-4-10-20-15/h1-2,5,7,13,15,20H,3-4,6,8-12H2,(H,21,25). The van der Waals surface area contributed by atoms with Crippen LogP contribution in [0, 0.1) is 0 Å². The molecule has 0 aliphatic carbocycles. The molecule has 2 aromatic rings. The first kappa shape index (κ1) is 17.9. The van der Waals surface area contributed by atoms with E-state index < -0.39 is 0 Å². The summed E-state index contributed by atoms with van der Waals surface area (Å²) in [7, 11) is 0. The van der Waals surface area contributed by atoms with E-state index in [2.05, 4.69) is 20.9 Å². The molecule has 3 rings (SSSR count). The molecule has 1 aliphatic heterocycles. The van der Waals surface area contributed by atoms with Gasteiger partial charge < -0.3 is 10.6 Å². The molecule has 0 saturated carbocycles. The largest absolute Gasteiger partial charge is 0.350 e. The van der Waals surface area contributed by atoms with Crippen LogP contribution >= 0.6 is 11.6 Å². The van der Waals surface area contributed by atoms with Gasteiger partial charge in [-0.1, -0.05) is 41.4 Å². The highest BCUT2D eigenvalue weighted by Gasteiger charge is 2.14. The Kier molecular flexibility index (Phi) is 6.42. The van der Waals surface area contributed by atoms with Gasteiger partial charge in [0.05, 0.1) is 6.20 Å². The van der Waals surface area contributed by atoms with Crippen molar-refractivity contribution in [1.29, 1.82) is 0 Å². The normalized spacial score (nSPS) is 17.4. The number of hydrogen-bond acceptors (Lipinski definition) is 4. The Morgan fingerprint density at radius 2 is 2.24 bits per heavy atom. The van der Waals surface area contributed by atoms with E-state index in [1.54, 1.807) is 10.9 Å². The number of piperidine rings is 1. The van der Waals surface area contributed by atoms with Crippen molar-refractivity contribution >= 4 is 17.5 Å². The summed E-state index contributed by atoms with van der Waals surface area (Å²) in [5.41, 5.74) is 1.38. The molecule has 6 nitrogen and oxygen atoms in total. The topological polar surface area (TPSA) is 71.8 Å². The van der Waals surface area contributed by atoms with Crippen LogP contribution in [0.15, 0.2) is 30.5 Å². The van der Waals surface area contributed by atoms with Gasteiger partial charge in [0.2, 0.25) is 0 Å². The number of halogens is 1. The molecule has 1 aromatic heterocycles. The van der Waals surface area contributed by atoms with Crippen molar-refractivity contribution in [3.63, 3.8) is 0 Å². The first-order valence-corrected chi connectivity index (χ1v) is 9.25. The molecule has 25 heavy (non-hydrogen) atoms. The van der Waals surface area contributed by atoms with E-state index in [4.69, 9.17) is 11.6 Å². The minimum absolute atomic E-state index is 0.200. The van der Waals surface area contributed by atoms with Gasteiger partial charge in [-0.05, 0) is 43.9 Å². The summed E-state index contributed by atoms with van der Waals surface area (Å²) >= 11 is 6.12. The Labute approximate surface area is 152 Å². The van der Waals surface area contributed by atoms with E-state index in [0.717, 1.165) is 30.1 Å². The molecule has 1 aromatic carbocycles. The fraction of sp³-hybridized carbons (Fsp3) is 0.500. The summed E-state index contributed by atoms with van der Waals surface area (Å²) in [6.45, 7) is 2.39. The van der Waals surface area contributed by atoms with Crippen molar-refractivity contribution in [1.82, 2.24) is 25.6 Å².